The number of para-hydroxylation sites is 2. The number of benzene rings is 2. The van der Waals surface area contributed by atoms with Crippen LogP contribution in [0.2, 0.25) is 10.0 Å². The highest BCUT2D eigenvalue weighted by Crippen LogP contribution is 2.35. The van der Waals surface area contributed by atoms with Gasteiger partial charge in [0.05, 0.1) is 32.7 Å². The second-order valence-electron chi connectivity index (χ2n) is 6.56. The Morgan fingerprint density at radius 1 is 1.07 bits per heavy atom. The Morgan fingerprint density at radius 2 is 1.87 bits per heavy atom. The molecule has 152 valence electrons. The molecule has 0 unspecified atom stereocenters. The van der Waals surface area contributed by atoms with Gasteiger partial charge in [0.1, 0.15) is 6.04 Å². The van der Waals surface area contributed by atoms with E-state index in [9.17, 15) is 14.4 Å². The fourth-order valence-electron chi connectivity index (χ4n) is 3.21. The molecule has 3 amide bonds. The Kier molecular flexibility index (Phi) is 5.76. The van der Waals surface area contributed by atoms with Gasteiger partial charge < -0.3 is 10.6 Å². The molecule has 1 atom stereocenters. The van der Waals surface area contributed by atoms with E-state index in [1.807, 2.05) is 0 Å². The number of rotatable bonds is 4. The number of nitrogens with zero attached hydrogens (tertiary/aromatic N) is 1. The van der Waals surface area contributed by atoms with Crippen LogP contribution in [0.1, 0.15) is 16.1 Å². The summed E-state index contributed by atoms with van der Waals surface area (Å²) in [4.78, 5) is 40.6. The summed E-state index contributed by atoms with van der Waals surface area (Å²) < 4.78 is 0. The van der Waals surface area contributed by atoms with Gasteiger partial charge in [-0.1, -0.05) is 41.4 Å². The van der Waals surface area contributed by atoms with E-state index in [2.05, 4.69) is 10.6 Å². The fraction of sp³-hybridized carbons (Fsp3) is 0.0952. The number of hydrogen-bond donors (Lipinski definition) is 2. The van der Waals surface area contributed by atoms with Crippen LogP contribution in [0.3, 0.4) is 0 Å². The molecule has 30 heavy (non-hydrogen) atoms. The van der Waals surface area contributed by atoms with Crippen LogP contribution >= 0.6 is 34.5 Å². The molecule has 0 saturated carbocycles. The maximum Gasteiger partial charge on any atom is 0.269 e. The van der Waals surface area contributed by atoms with Crippen molar-refractivity contribution < 1.29 is 14.4 Å². The van der Waals surface area contributed by atoms with Gasteiger partial charge in [-0.05, 0) is 41.8 Å². The lowest BCUT2D eigenvalue weighted by Gasteiger charge is -2.36. The van der Waals surface area contributed by atoms with E-state index in [4.69, 9.17) is 23.2 Å². The monoisotopic (exact) mass is 459 g/mol. The van der Waals surface area contributed by atoms with Crippen LogP contribution in [0, 0.1) is 0 Å². The minimum Gasteiger partial charge on any atom is -0.326 e. The van der Waals surface area contributed by atoms with E-state index >= 15 is 0 Å². The highest BCUT2D eigenvalue weighted by molar-refractivity contribution is 7.12. The molecule has 6 nitrogen and oxygen atoms in total. The molecule has 4 rings (SSSR count). The Labute approximate surface area is 186 Å². The number of hydrogen-bond acceptors (Lipinski definition) is 4. The predicted molar refractivity (Wildman–Crippen MR) is 120 cm³/mol. The second kappa shape index (κ2) is 8.47. The first-order chi connectivity index (χ1) is 14.4. The van der Waals surface area contributed by atoms with Gasteiger partial charge in [-0.15, -0.1) is 11.3 Å². The van der Waals surface area contributed by atoms with E-state index in [1.165, 1.54) is 22.3 Å². The number of thiophene rings is 1. The molecule has 1 aliphatic heterocycles. The highest BCUT2D eigenvalue weighted by atomic mass is 35.5. The second-order valence-corrected chi connectivity index (χ2v) is 8.32. The summed E-state index contributed by atoms with van der Waals surface area (Å²) in [5, 5.41) is 7.93. The number of carbonyl (C=O) groups is 3. The maximum atomic E-state index is 13.2. The minimum absolute atomic E-state index is 0.225. The predicted octanol–water partition coefficient (Wildman–Crippen LogP) is 5.05. The molecule has 0 fully saturated rings. The Balaban J connectivity index is 1.62. The molecule has 3 aromatic rings. The van der Waals surface area contributed by atoms with Crippen molar-refractivity contribution in [3.8, 4) is 0 Å². The highest BCUT2D eigenvalue weighted by Gasteiger charge is 2.38. The molecule has 0 radical (unpaired) electrons. The van der Waals surface area contributed by atoms with E-state index in [0.29, 0.717) is 32.0 Å². The topological polar surface area (TPSA) is 78.5 Å². The van der Waals surface area contributed by atoms with E-state index < -0.39 is 17.9 Å². The van der Waals surface area contributed by atoms with Crippen molar-refractivity contribution in [3.63, 3.8) is 0 Å². The van der Waals surface area contributed by atoms with Gasteiger partial charge in [-0.3, -0.25) is 19.3 Å². The first-order valence-corrected chi connectivity index (χ1v) is 10.6. The third kappa shape index (κ3) is 4.05. The fourth-order valence-corrected chi connectivity index (χ4v) is 4.16. The lowest BCUT2D eigenvalue weighted by Crippen LogP contribution is -2.52. The summed E-state index contributed by atoms with van der Waals surface area (Å²) >= 11 is 13.2. The molecule has 1 aliphatic rings. The van der Waals surface area contributed by atoms with Crippen molar-refractivity contribution in [2.24, 2.45) is 0 Å². The lowest BCUT2D eigenvalue weighted by molar-refractivity contribution is -0.122. The quantitative estimate of drug-likeness (QED) is 0.572. The van der Waals surface area contributed by atoms with Gasteiger partial charge in [-0.2, -0.15) is 0 Å². The minimum atomic E-state index is -1.00. The van der Waals surface area contributed by atoms with Gasteiger partial charge in [0.25, 0.3) is 5.91 Å². The smallest absolute Gasteiger partial charge is 0.269 e. The van der Waals surface area contributed by atoms with E-state index in [-0.39, 0.29) is 12.3 Å². The number of fused-ring (bicyclic) bond motifs is 1. The van der Waals surface area contributed by atoms with Crippen LogP contribution in [-0.4, -0.2) is 23.8 Å². The molecular formula is C21H15Cl2N3O3S. The Morgan fingerprint density at radius 3 is 2.60 bits per heavy atom. The van der Waals surface area contributed by atoms with Crippen molar-refractivity contribution in [2.45, 2.75) is 12.5 Å². The molecule has 0 aliphatic carbocycles. The summed E-state index contributed by atoms with van der Waals surface area (Å²) in [7, 11) is 0. The zero-order valence-corrected chi connectivity index (χ0v) is 17.7. The average Bonchev–Trinajstić information content (AvgIpc) is 3.26. The third-order valence-corrected chi connectivity index (χ3v) is 6.17. The Bertz CT molecular complexity index is 1130. The van der Waals surface area contributed by atoms with Crippen LogP contribution in [0.5, 0.6) is 0 Å². The number of amides is 3. The molecule has 0 bridgehead atoms. The summed E-state index contributed by atoms with van der Waals surface area (Å²) in [5.41, 5.74) is 1.51. The molecule has 0 spiro atoms. The molecule has 2 aromatic carbocycles. The van der Waals surface area contributed by atoms with Crippen molar-refractivity contribution in [2.75, 3.05) is 15.5 Å². The van der Waals surface area contributed by atoms with Gasteiger partial charge in [0, 0.05) is 5.69 Å². The van der Waals surface area contributed by atoms with Crippen molar-refractivity contribution in [1.29, 1.82) is 0 Å². The third-order valence-electron chi connectivity index (χ3n) is 4.57. The number of halogens is 2. The molecule has 2 heterocycles. The van der Waals surface area contributed by atoms with Crippen LogP contribution in [0.4, 0.5) is 17.1 Å². The number of carbonyl (C=O) groups excluding carboxylic acids is 3. The van der Waals surface area contributed by atoms with Gasteiger partial charge in [0.2, 0.25) is 11.8 Å². The summed E-state index contributed by atoms with van der Waals surface area (Å²) in [6, 6.07) is 14.1. The first-order valence-electron chi connectivity index (χ1n) is 8.96. The number of nitrogens with one attached hydrogen (secondary N) is 2. The zero-order valence-electron chi connectivity index (χ0n) is 15.4. The average molecular weight is 460 g/mol. The zero-order chi connectivity index (χ0) is 21.3. The van der Waals surface area contributed by atoms with Crippen LogP contribution in [0.15, 0.2) is 60.0 Å². The van der Waals surface area contributed by atoms with Crippen molar-refractivity contribution in [3.05, 3.63) is 74.9 Å². The summed E-state index contributed by atoms with van der Waals surface area (Å²) in [5.74, 6) is -1.19. The van der Waals surface area contributed by atoms with Crippen molar-refractivity contribution >= 4 is 69.3 Å². The van der Waals surface area contributed by atoms with Gasteiger partial charge >= 0.3 is 0 Å². The standard InChI is InChI=1S/C21H15Cl2N3O3S/c22-13-8-7-12(10-14(13)23)24-19(27)11-17-20(28)25-15-4-1-2-5-16(15)26(17)21(29)18-6-3-9-30-18/h1-10,17H,11H2,(H,24,27)(H,25,28)/t17-/m0/s1. The summed E-state index contributed by atoms with van der Waals surface area (Å²) in [6.45, 7) is 0. The normalized spacial score (nSPS) is 15.3. The van der Waals surface area contributed by atoms with Crippen molar-refractivity contribution in [1.82, 2.24) is 0 Å². The number of anilines is 3. The van der Waals surface area contributed by atoms with Gasteiger partial charge in [0.15, 0.2) is 0 Å². The van der Waals surface area contributed by atoms with Crippen LogP contribution in [0.25, 0.3) is 0 Å². The lowest BCUT2D eigenvalue weighted by atomic mass is 10.0. The molecule has 0 saturated heterocycles. The molecule has 1 aromatic heterocycles. The van der Waals surface area contributed by atoms with Crippen LogP contribution in [-0.2, 0) is 9.59 Å². The molecule has 2 N–H and O–H groups in total. The molecular weight excluding hydrogens is 445 g/mol. The summed E-state index contributed by atoms with van der Waals surface area (Å²) in [6.07, 6.45) is -0.225. The van der Waals surface area contributed by atoms with E-state index in [0.717, 1.165) is 0 Å². The van der Waals surface area contributed by atoms with Crippen LogP contribution < -0.4 is 15.5 Å². The maximum absolute atomic E-state index is 13.2. The Hall–Kier alpha value is -2.87. The largest absolute Gasteiger partial charge is 0.326 e. The molecule has 9 heteroatoms. The van der Waals surface area contributed by atoms with E-state index in [1.54, 1.807) is 53.9 Å². The SMILES string of the molecule is O=C(C[C@H]1C(=O)Nc2ccccc2N1C(=O)c1cccs1)Nc1ccc(Cl)c(Cl)c1. The van der Waals surface area contributed by atoms with Gasteiger partial charge in [-0.25, -0.2) is 0 Å². The first kappa shape index (κ1) is 20.4.